The molecule has 324 valence electrons. The van der Waals surface area contributed by atoms with E-state index in [0.29, 0.717) is 17.4 Å². The van der Waals surface area contributed by atoms with Crippen LogP contribution in [0.25, 0.3) is 33.3 Å². The summed E-state index contributed by atoms with van der Waals surface area (Å²) in [5, 5.41) is 30.7. The van der Waals surface area contributed by atoms with Gasteiger partial charge in [-0.3, -0.25) is 39.0 Å². The van der Waals surface area contributed by atoms with Crippen molar-refractivity contribution in [2.45, 2.75) is 101 Å². The lowest BCUT2D eigenvalue weighted by Crippen LogP contribution is -2.48. The van der Waals surface area contributed by atoms with Gasteiger partial charge in [-0.2, -0.15) is 10.4 Å². The number of aryl methyl sites for hydroxylation is 1. The van der Waals surface area contributed by atoms with Crippen molar-refractivity contribution in [3.05, 3.63) is 59.0 Å². The minimum Gasteiger partial charge on any atom is -0.393 e. The fraction of sp³-hybridized carbons (Fsp3) is 0.565. The number of nitriles is 1. The van der Waals surface area contributed by atoms with Crippen LogP contribution in [0.1, 0.15) is 95.2 Å². The maximum Gasteiger partial charge on any atom is 0.329 e. The van der Waals surface area contributed by atoms with Crippen LogP contribution in [0.3, 0.4) is 0 Å². The normalized spacial score (nSPS) is 22.9. The van der Waals surface area contributed by atoms with Crippen molar-refractivity contribution < 1.29 is 14.7 Å². The van der Waals surface area contributed by atoms with Gasteiger partial charge in [0.2, 0.25) is 11.8 Å². The van der Waals surface area contributed by atoms with Crippen molar-refractivity contribution >= 4 is 45.3 Å². The molecule has 5 aromatic rings. The highest BCUT2D eigenvalue weighted by atomic mass is 16.3. The summed E-state index contributed by atoms with van der Waals surface area (Å²) in [7, 11) is 1.69. The molecule has 11 rings (SSSR count). The van der Waals surface area contributed by atoms with E-state index in [1.165, 1.54) is 56.1 Å². The molecule has 3 aliphatic carbocycles. The Bertz CT molecular complexity index is 2590. The zero-order chi connectivity index (χ0) is 42.6. The number of amides is 2. The zero-order valence-electron chi connectivity index (χ0n) is 35.6. The third-order valence-electron chi connectivity index (χ3n) is 14.7. The van der Waals surface area contributed by atoms with E-state index in [2.05, 4.69) is 63.4 Å². The third kappa shape index (κ3) is 7.63. The molecule has 6 fully saturated rings. The van der Waals surface area contributed by atoms with Gasteiger partial charge < -0.3 is 14.9 Å². The fourth-order valence-corrected chi connectivity index (χ4v) is 10.9. The minimum absolute atomic E-state index is 0.230. The van der Waals surface area contributed by atoms with Crippen LogP contribution < -0.4 is 20.8 Å². The van der Waals surface area contributed by atoms with Gasteiger partial charge in [0.25, 0.3) is 0 Å². The number of aliphatic hydroxyl groups is 1. The number of pyridine rings is 1. The van der Waals surface area contributed by atoms with Gasteiger partial charge in [-0.15, -0.1) is 0 Å². The van der Waals surface area contributed by atoms with Crippen LogP contribution in [0.2, 0.25) is 0 Å². The number of nitrogens with one attached hydrogen (secondary N) is 2. The molecule has 6 aliphatic rings. The van der Waals surface area contributed by atoms with E-state index in [0.717, 1.165) is 116 Å². The highest BCUT2D eigenvalue weighted by Gasteiger charge is 2.62. The van der Waals surface area contributed by atoms with Gasteiger partial charge in [-0.25, -0.2) is 14.8 Å². The number of anilines is 2. The number of piperazine rings is 1. The van der Waals surface area contributed by atoms with Gasteiger partial charge in [-0.1, -0.05) is 19.3 Å². The number of carbonyl (C=O) groups is 2. The number of hydrogen-bond acceptors (Lipinski definition) is 12. The van der Waals surface area contributed by atoms with Crippen molar-refractivity contribution in [1.82, 2.24) is 44.5 Å². The van der Waals surface area contributed by atoms with E-state index >= 15 is 0 Å². The van der Waals surface area contributed by atoms with Crippen molar-refractivity contribution in [3.63, 3.8) is 0 Å². The number of benzene rings is 1. The Balaban J connectivity index is 0.000000156. The molecule has 1 aromatic carbocycles. The molecule has 3 N–H and O–H groups in total. The topological polar surface area (TPSA) is 194 Å². The number of H-pyrrole nitrogens is 1. The number of fused-ring (bicyclic) bond motifs is 2. The molecule has 1 spiro atoms. The number of piperidine rings is 2. The van der Waals surface area contributed by atoms with Crippen LogP contribution in [-0.4, -0.2) is 108 Å². The van der Waals surface area contributed by atoms with E-state index in [-0.39, 0.29) is 24.1 Å². The predicted molar refractivity (Wildman–Crippen MR) is 234 cm³/mol. The molecular weight excluding hydrogens is 785 g/mol. The number of nitrogens with zero attached hydrogens (tertiary/aromatic N) is 10. The number of imidazole rings is 1. The summed E-state index contributed by atoms with van der Waals surface area (Å²) >= 11 is 0. The summed E-state index contributed by atoms with van der Waals surface area (Å²) in [6, 6.07) is 11.8. The van der Waals surface area contributed by atoms with Crippen LogP contribution in [0.4, 0.5) is 11.5 Å². The predicted octanol–water partition coefficient (Wildman–Crippen LogP) is 4.73. The lowest BCUT2D eigenvalue weighted by Gasteiger charge is -2.43. The van der Waals surface area contributed by atoms with E-state index in [1.807, 2.05) is 24.4 Å². The highest BCUT2D eigenvalue weighted by Crippen LogP contribution is 2.68. The van der Waals surface area contributed by atoms with Crippen molar-refractivity contribution in [3.8, 4) is 17.5 Å². The summed E-state index contributed by atoms with van der Waals surface area (Å²) in [5.74, 6) is 1.13. The van der Waals surface area contributed by atoms with Crippen molar-refractivity contribution in [2.75, 3.05) is 55.6 Å². The Morgan fingerprint density at radius 1 is 0.871 bits per heavy atom. The van der Waals surface area contributed by atoms with Crippen molar-refractivity contribution in [1.29, 1.82) is 5.26 Å². The molecule has 3 saturated carbocycles. The summed E-state index contributed by atoms with van der Waals surface area (Å²) in [6.07, 6.45) is 16.7. The van der Waals surface area contributed by atoms with E-state index in [4.69, 9.17) is 0 Å². The first-order valence-electron chi connectivity index (χ1n) is 22.6. The Morgan fingerprint density at radius 2 is 1.65 bits per heavy atom. The maximum atomic E-state index is 12.8. The number of aromatic nitrogens is 7. The minimum atomic E-state index is -0.667. The summed E-state index contributed by atoms with van der Waals surface area (Å²) < 4.78 is 3.03. The quantitative estimate of drug-likeness (QED) is 0.191. The van der Waals surface area contributed by atoms with Gasteiger partial charge in [0.15, 0.2) is 0 Å². The molecule has 16 heteroatoms. The van der Waals surface area contributed by atoms with E-state index in [9.17, 15) is 24.8 Å². The van der Waals surface area contributed by atoms with Crippen LogP contribution in [0.15, 0.2) is 47.7 Å². The Kier molecular flexibility index (Phi) is 10.6. The molecule has 0 bridgehead atoms. The fourth-order valence-electron chi connectivity index (χ4n) is 10.9. The average molecular weight is 841 g/mol. The number of imide groups is 1. The first-order chi connectivity index (χ1) is 30.1. The van der Waals surface area contributed by atoms with Gasteiger partial charge in [-0.05, 0) is 93.4 Å². The smallest absolute Gasteiger partial charge is 0.329 e. The molecule has 3 aliphatic heterocycles. The van der Waals surface area contributed by atoms with E-state index < -0.39 is 17.4 Å². The Morgan fingerprint density at radius 3 is 2.37 bits per heavy atom. The molecule has 7 heterocycles. The van der Waals surface area contributed by atoms with Crippen LogP contribution in [0, 0.1) is 22.7 Å². The first kappa shape index (κ1) is 40.4. The summed E-state index contributed by atoms with van der Waals surface area (Å²) in [6.45, 7) is 6.96. The van der Waals surface area contributed by atoms with Crippen molar-refractivity contribution in [2.24, 2.45) is 18.4 Å². The zero-order valence-corrected chi connectivity index (χ0v) is 35.6. The standard InChI is InChI=1S/C28H34N8.C18H22N4O4/c29-18-28(16-27(17-28)6-7-27)24-12-21-23(14-30-24)33-34-26(21)22-13-25(32-19-31-22)36-10-8-35(9-11-36)15-20-4-2-1-3-5-20;1-20-15-10-11(21-8-6-12(23)7-9-21)2-3-13(15)22(18(20)26)14-4-5-16(24)19-17(14)25/h12-14,19-20H,1-11,15-17H2,(H,33,34);2-3,10,12,14,23H,4-9H2,1H3,(H,19,24,25). The molecule has 62 heavy (non-hydrogen) atoms. The number of hydrogen-bond donors (Lipinski definition) is 3. The summed E-state index contributed by atoms with van der Waals surface area (Å²) in [5.41, 5.74) is 5.52. The second kappa shape index (κ2) is 16.2. The van der Waals surface area contributed by atoms with Crippen LogP contribution >= 0.6 is 0 Å². The Labute approximate surface area is 360 Å². The van der Waals surface area contributed by atoms with Gasteiger partial charge in [0, 0.05) is 76.4 Å². The second-order valence-electron chi connectivity index (χ2n) is 18.9. The number of aromatic amines is 1. The number of carbonyl (C=O) groups excluding carboxylic acids is 2. The molecule has 1 unspecified atom stereocenters. The third-order valence-corrected chi connectivity index (χ3v) is 14.7. The van der Waals surface area contributed by atoms with Crippen LogP contribution in [0.5, 0.6) is 0 Å². The largest absolute Gasteiger partial charge is 0.393 e. The Hall–Kier alpha value is -5.66. The highest BCUT2D eigenvalue weighted by molar-refractivity contribution is 6.00. The SMILES string of the molecule is Cn1c(=O)n(C2CCC(=O)NC2=O)c2ccc(N3CCC(O)CC3)cc21.N#CC1(c2cc3c(-c4cc(N5CCN(CC6CCCCC6)CC5)ncn4)n[nH]c3cn2)CC2(CC2)C1. The van der Waals surface area contributed by atoms with Gasteiger partial charge in [0.1, 0.15) is 29.3 Å². The van der Waals surface area contributed by atoms with Crippen LogP contribution in [-0.2, 0) is 22.1 Å². The first-order valence-corrected chi connectivity index (χ1v) is 22.6. The molecular formula is C46H56N12O4. The molecule has 4 aromatic heterocycles. The lowest BCUT2D eigenvalue weighted by molar-refractivity contribution is -0.135. The summed E-state index contributed by atoms with van der Waals surface area (Å²) in [4.78, 5) is 57.5. The molecule has 16 nitrogen and oxygen atoms in total. The molecule has 1 atom stereocenters. The second-order valence-corrected chi connectivity index (χ2v) is 18.9. The van der Waals surface area contributed by atoms with Gasteiger partial charge in [0.05, 0.1) is 46.3 Å². The van der Waals surface area contributed by atoms with Gasteiger partial charge >= 0.3 is 5.69 Å². The number of rotatable bonds is 7. The molecule has 2 amide bonds. The molecule has 3 saturated heterocycles. The van der Waals surface area contributed by atoms with E-state index in [1.54, 1.807) is 17.9 Å². The molecule has 0 radical (unpaired) electrons. The average Bonchev–Trinajstić information content (AvgIpc) is 3.90. The monoisotopic (exact) mass is 840 g/mol. The number of aliphatic hydroxyl groups excluding tert-OH is 1. The maximum absolute atomic E-state index is 12.8. The lowest BCUT2D eigenvalue weighted by atomic mass is 9.58.